The SMILES string of the molecule is CCCN1CCCC1N1C(=O)c2cccc(C)c2C1=O. The number of carbonyl (C=O) groups excluding carboxylic acids is 2. The number of imide groups is 1. The van der Waals surface area contributed by atoms with Crippen LogP contribution in [0.3, 0.4) is 0 Å². The van der Waals surface area contributed by atoms with Crippen molar-refractivity contribution >= 4 is 11.8 Å². The van der Waals surface area contributed by atoms with Crippen molar-refractivity contribution in [2.24, 2.45) is 0 Å². The first-order valence-electron chi connectivity index (χ1n) is 7.36. The van der Waals surface area contributed by atoms with Gasteiger partial charge in [-0.25, -0.2) is 0 Å². The molecule has 1 fully saturated rings. The number of fused-ring (bicyclic) bond motifs is 1. The molecule has 1 saturated heterocycles. The van der Waals surface area contributed by atoms with Crippen LogP contribution in [0.2, 0.25) is 0 Å². The number of nitrogens with zero attached hydrogens (tertiary/aromatic N) is 2. The Bertz CT molecular complexity index is 568. The van der Waals surface area contributed by atoms with E-state index in [-0.39, 0.29) is 18.0 Å². The van der Waals surface area contributed by atoms with Crippen molar-refractivity contribution in [2.45, 2.75) is 39.3 Å². The molecule has 0 saturated carbocycles. The van der Waals surface area contributed by atoms with E-state index < -0.39 is 0 Å². The molecule has 106 valence electrons. The molecule has 1 aromatic rings. The number of carbonyl (C=O) groups is 2. The van der Waals surface area contributed by atoms with Crippen molar-refractivity contribution in [3.63, 3.8) is 0 Å². The molecule has 1 unspecified atom stereocenters. The highest BCUT2D eigenvalue weighted by Crippen LogP contribution is 2.31. The Morgan fingerprint density at radius 2 is 2.05 bits per heavy atom. The molecule has 2 aliphatic heterocycles. The third kappa shape index (κ3) is 1.86. The maximum atomic E-state index is 12.6. The lowest BCUT2D eigenvalue weighted by molar-refractivity contribution is 0.0406. The summed E-state index contributed by atoms with van der Waals surface area (Å²) in [7, 11) is 0. The molecule has 2 amide bonds. The van der Waals surface area contributed by atoms with Crippen molar-refractivity contribution in [2.75, 3.05) is 13.1 Å². The average Bonchev–Trinajstić information content (AvgIpc) is 2.95. The van der Waals surface area contributed by atoms with Gasteiger partial charge < -0.3 is 0 Å². The van der Waals surface area contributed by atoms with Crippen LogP contribution in [0.15, 0.2) is 18.2 Å². The molecule has 3 rings (SSSR count). The van der Waals surface area contributed by atoms with E-state index in [9.17, 15) is 9.59 Å². The number of hydrogen-bond acceptors (Lipinski definition) is 3. The summed E-state index contributed by atoms with van der Waals surface area (Å²) in [5.41, 5.74) is 2.06. The van der Waals surface area contributed by atoms with E-state index in [1.165, 1.54) is 4.90 Å². The summed E-state index contributed by atoms with van der Waals surface area (Å²) >= 11 is 0. The van der Waals surface area contributed by atoms with Crippen molar-refractivity contribution in [1.29, 1.82) is 0 Å². The molecule has 2 heterocycles. The summed E-state index contributed by atoms with van der Waals surface area (Å²) in [6, 6.07) is 5.51. The van der Waals surface area contributed by atoms with Gasteiger partial charge in [0.05, 0.1) is 17.3 Å². The number of rotatable bonds is 3. The van der Waals surface area contributed by atoms with Gasteiger partial charge in [0.25, 0.3) is 11.8 Å². The third-order valence-electron chi connectivity index (χ3n) is 4.29. The zero-order valence-electron chi connectivity index (χ0n) is 12.1. The van der Waals surface area contributed by atoms with Crippen molar-refractivity contribution < 1.29 is 9.59 Å². The minimum Gasteiger partial charge on any atom is -0.283 e. The molecule has 20 heavy (non-hydrogen) atoms. The van der Waals surface area contributed by atoms with Crippen LogP contribution in [0.5, 0.6) is 0 Å². The second kappa shape index (κ2) is 5.02. The number of hydrogen-bond donors (Lipinski definition) is 0. The summed E-state index contributed by atoms with van der Waals surface area (Å²) in [5, 5.41) is 0. The molecule has 0 bridgehead atoms. The van der Waals surface area contributed by atoms with Gasteiger partial charge in [0.2, 0.25) is 0 Å². The van der Waals surface area contributed by atoms with E-state index in [1.54, 1.807) is 6.07 Å². The molecule has 4 heteroatoms. The van der Waals surface area contributed by atoms with E-state index in [2.05, 4.69) is 11.8 Å². The summed E-state index contributed by atoms with van der Waals surface area (Å²) < 4.78 is 0. The lowest BCUT2D eigenvalue weighted by Crippen LogP contribution is -2.47. The number of likely N-dealkylation sites (tertiary alicyclic amines) is 1. The van der Waals surface area contributed by atoms with Gasteiger partial charge in [-0.15, -0.1) is 0 Å². The highest BCUT2D eigenvalue weighted by atomic mass is 16.2. The third-order valence-corrected chi connectivity index (χ3v) is 4.29. The van der Waals surface area contributed by atoms with Crippen LogP contribution in [-0.2, 0) is 0 Å². The van der Waals surface area contributed by atoms with Gasteiger partial charge in [-0.1, -0.05) is 19.1 Å². The van der Waals surface area contributed by atoms with Gasteiger partial charge in [0, 0.05) is 6.54 Å². The normalized spacial score (nSPS) is 22.7. The Labute approximate surface area is 119 Å². The maximum Gasteiger partial charge on any atom is 0.263 e. The van der Waals surface area contributed by atoms with Crippen molar-refractivity contribution in [3.05, 3.63) is 34.9 Å². The van der Waals surface area contributed by atoms with Crippen LogP contribution in [0.25, 0.3) is 0 Å². The lowest BCUT2D eigenvalue weighted by Gasteiger charge is -2.30. The molecular weight excluding hydrogens is 252 g/mol. The molecule has 0 spiro atoms. The van der Waals surface area contributed by atoms with E-state index in [0.717, 1.165) is 37.9 Å². The molecule has 2 aliphatic rings. The fourth-order valence-corrected chi connectivity index (χ4v) is 3.39. The van der Waals surface area contributed by atoms with Crippen LogP contribution in [0, 0.1) is 6.92 Å². The van der Waals surface area contributed by atoms with E-state index in [1.807, 2.05) is 19.1 Å². The molecule has 4 nitrogen and oxygen atoms in total. The summed E-state index contributed by atoms with van der Waals surface area (Å²) in [6.45, 7) is 5.94. The van der Waals surface area contributed by atoms with Gasteiger partial charge in [0.15, 0.2) is 0 Å². The smallest absolute Gasteiger partial charge is 0.263 e. The number of aryl methyl sites for hydroxylation is 1. The van der Waals surface area contributed by atoms with Gasteiger partial charge in [-0.3, -0.25) is 19.4 Å². The first kappa shape index (κ1) is 13.3. The zero-order valence-corrected chi connectivity index (χ0v) is 12.1. The number of benzene rings is 1. The van der Waals surface area contributed by atoms with E-state index >= 15 is 0 Å². The second-order valence-electron chi connectivity index (χ2n) is 5.64. The number of amides is 2. The predicted molar refractivity (Wildman–Crippen MR) is 76.6 cm³/mol. The minimum absolute atomic E-state index is 0.0539. The fourth-order valence-electron chi connectivity index (χ4n) is 3.39. The Morgan fingerprint density at radius 1 is 1.25 bits per heavy atom. The lowest BCUT2D eigenvalue weighted by atomic mass is 10.0. The van der Waals surface area contributed by atoms with Gasteiger partial charge >= 0.3 is 0 Å². The highest BCUT2D eigenvalue weighted by Gasteiger charge is 2.43. The predicted octanol–water partition coefficient (Wildman–Crippen LogP) is 2.42. The molecule has 0 N–H and O–H groups in total. The Kier molecular flexibility index (Phi) is 3.34. The minimum atomic E-state index is -0.123. The fraction of sp³-hybridized carbons (Fsp3) is 0.500. The summed E-state index contributed by atoms with van der Waals surface area (Å²) in [6.07, 6.45) is 2.93. The second-order valence-corrected chi connectivity index (χ2v) is 5.64. The average molecular weight is 272 g/mol. The van der Waals surface area contributed by atoms with E-state index in [4.69, 9.17) is 0 Å². The maximum absolute atomic E-state index is 12.6. The standard InChI is InChI=1S/C16H20N2O2/c1-3-9-17-10-5-8-13(17)18-15(19)12-7-4-6-11(2)14(12)16(18)20/h4,6-7,13H,3,5,8-10H2,1-2H3. The highest BCUT2D eigenvalue weighted by molar-refractivity contribution is 6.22. The zero-order chi connectivity index (χ0) is 14.3. The van der Waals surface area contributed by atoms with Gasteiger partial charge in [0.1, 0.15) is 0 Å². The molecule has 1 atom stereocenters. The Morgan fingerprint density at radius 3 is 2.75 bits per heavy atom. The van der Waals surface area contributed by atoms with Crippen molar-refractivity contribution in [3.8, 4) is 0 Å². The molecule has 0 aliphatic carbocycles. The van der Waals surface area contributed by atoms with E-state index in [0.29, 0.717) is 11.1 Å². The molecule has 1 aromatic carbocycles. The molecular formula is C16H20N2O2. The first-order chi connectivity index (χ1) is 9.65. The van der Waals surface area contributed by atoms with Crippen LogP contribution < -0.4 is 0 Å². The summed E-state index contributed by atoms with van der Waals surface area (Å²) in [4.78, 5) is 29.0. The van der Waals surface area contributed by atoms with Crippen LogP contribution in [0.4, 0.5) is 0 Å². The Hall–Kier alpha value is -1.68. The molecule has 0 aromatic heterocycles. The molecule has 0 radical (unpaired) electrons. The van der Waals surface area contributed by atoms with Crippen molar-refractivity contribution in [1.82, 2.24) is 9.80 Å². The quantitative estimate of drug-likeness (QED) is 0.793. The van der Waals surface area contributed by atoms with Crippen LogP contribution in [-0.4, -0.2) is 40.9 Å². The monoisotopic (exact) mass is 272 g/mol. The Balaban J connectivity index is 1.95. The topological polar surface area (TPSA) is 40.6 Å². The van der Waals surface area contributed by atoms with Crippen LogP contribution in [0.1, 0.15) is 52.5 Å². The van der Waals surface area contributed by atoms with Gasteiger partial charge in [-0.2, -0.15) is 0 Å². The largest absolute Gasteiger partial charge is 0.283 e. The summed E-state index contributed by atoms with van der Waals surface area (Å²) in [5.74, 6) is -0.238. The van der Waals surface area contributed by atoms with Crippen LogP contribution >= 0.6 is 0 Å². The van der Waals surface area contributed by atoms with Gasteiger partial charge in [-0.05, 0) is 44.4 Å². The first-order valence-corrected chi connectivity index (χ1v) is 7.36.